The molecule has 1 aromatic carbocycles. The quantitative estimate of drug-likeness (QED) is 0.705. The molecular formula is C22H36N4O4S. The molecule has 0 aromatic heterocycles. The standard InChI is InChI=1S/C22H36N4O4S/c1-18-6-5-7-20(14-18)25-10-8-22(28,9-11-25)17-24-12-13-26(31(4,29)30)16-19(15-24)21(27)23(2)3/h5-7,14,19,28H,8-13,15-17H2,1-4H3. The van der Waals surface area contributed by atoms with Crippen molar-refractivity contribution >= 4 is 21.6 Å². The average Bonchev–Trinajstić information content (AvgIpc) is 2.90. The molecule has 0 spiro atoms. The zero-order valence-corrected chi connectivity index (χ0v) is 19.9. The fourth-order valence-corrected chi connectivity index (χ4v) is 5.46. The smallest absolute Gasteiger partial charge is 0.227 e. The number of hydrogen-bond donors (Lipinski definition) is 1. The molecule has 8 nitrogen and oxygen atoms in total. The van der Waals surface area contributed by atoms with E-state index in [0.717, 1.165) is 13.1 Å². The summed E-state index contributed by atoms with van der Waals surface area (Å²) in [5.74, 6) is -0.523. The molecule has 0 bridgehead atoms. The summed E-state index contributed by atoms with van der Waals surface area (Å²) in [6.07, 6.45) is 2.47. The van der Waals surface area contributed by atoms with Crippen LogP contribution >= 0.6 is 0 Å². The van der Waals surface area contributed by atoms with Gasteiger partial charge in [0.1, 0.15) is 0 Å². The number of amides is 1. The van der Waals surface area contributed by atoms with Crippen LogP contribution in [0.5, 0.6) is 0 Å². The SMILES string of the molecule is Cc1cccc(N2CCC(O)(CN3CCN(S(C)(=O)=O)CC(C(=O)N(C)C)C3)CC2)c1. The number of piperidine rings is 1. The van der Waals surface area contributed by atoms with Crippen LogP contribution in [0.4, 0.5) is 5.69 Å². The second-order valence-corrected chi connectivity index (χ2v) is 11.3. The molecule has 2 aliphatic heterocycles. The van der Waals surface area contributed by atoms with Crippen molar-refractivity contribution in [1.29, 1.82) is 0 Å². The number of carbonyl (C=O) groups excluding carboxylic acids is 1. The van der Waals surface area contributed by atoms with Gasteiger partial charge in [-0.25, -0.2) is 12.7 Å². The van der Waals surface area contributed by atoms with E-state index < -0.39 is 21.5 Å². The highest BCUT2D eigenvalue weighted by molar-refractivity contribution is 7.88. The Bertz CT molecular complexity index is 881. The summed E-state index contributed by atoms with van der Waals surface area (Å²) in [5.41, 5.74) is 1.55. The molecule has 0 aliphatic carbocycles. The van der Waals surface area contributed by atoms with Crippen molar-refractivity contribution < 1.29 is 18.3 Å². The van der Waals surface area contributed by atoms with Crippen molar-refractivity contribution in [2.45, 2.75) is 25.4 Å². The van der Waals surface area contributed by atoms with E-state index >= 15 is 0 Å². The average molecular weight is 453 g/mol. The van der Waals surface area contributed by atoms with Gasteiger partial charge in [-0.3, -0.25) is 9.69 Å². The van der Waals surface area contributed by atoms with Gasteiger partial charge in [-0.1, -0.05) is 12.1 Å². The Kier molecular flexibility index (Phi) is 7.30. The Balaban J connectivity index is 1.67. The Morgan fingerprint density at radius 3 is 2.42 bits per heavy atom. The van der Waals surface area contributed by atoms with Crippen molar-refractivity contribution in [3.63, 3.8) is 0 Å². The van der Waals surface area contributed by atoms with Crippen LogP contribution in [0.2, 0.25) is 0 Å². The van der Waals surface area contributed by atoms with E-state index in [1.54, 1.807) is 14.1 Å². The molecule has 174 valence electrons. The van der Waals surface area contributed by atoms with Crippen molar-refractivity contribution in [2.24, 2.45) is 5.92 Å². The van der Waals surface area contributed by atoms with Gasteiger partial charge < -0.3 is 14.9 Å². The van der Waals surface area contributed by atoms with Crippen molar-refractivity contribution in [3.8, 4) is 0 Å². The molecule has 0 radical (unpaired) electrons. The number of aryl methyl sites for hydroxylation is 1. The molecule has 1 N–H and O–H groups in total. The molecule has 0 saturated carbocycles. The van der Waals surface area contributed by atoms with Gasteiger partial charge in [0.25, 0.3) is 0 Å². The number of nitrogens with zero attached hydrogens (tertiary/aromatic N) is 4. The third kappa shape index (κ3) is 6.19. The maximum absolute atomic E-state index is 12.7. The first kappa shape index (κ1) is 24.0. The van der Waals surface area contributed by atoms with Gasteiger partial charge in [-0.2, -0.15) is 0 Å². The van der Waals surface area contributed by atoms with E-state index in [2.05, 4.69) is 41.0 Å². The predicted molar refractivity (Wildman–Crippen MR) is 123 cm³/mol. The highest BCUT2D eigenvalue weighted by atomic mass is 32.2. The number of aliphatic hydroxyl groups is 1. The summed E-state index contributed by atoms with van der Waals surface area (Å²) in [7, 11) is -0.00506. The molecule has 3 rings (SSSR count). The number of anilines is 1. The number of rotatable bonds is 5. The molecule has 2 aliphatic rings. The Labute approximate surface area is 186 Å². The highest BCUT2D eigenvalue weighted by Gasteiger charge is 2.38. The Morgan fingerprint density at radius 1 is 1.16 bits per heavy atom. The number of carbonyl (C=O) groups is 1. The van der Waals surface area contributed by atoms with E-state index in [9.17, 15) is 18.3 Å². The zero-order valence-electron chi connectivity index (χ0n) is 19.1. The second kappa shape index (κ2) is 9.44. The van der Waals surface area contributed by atoms with Gasteiger partial charge in [0.2, 0.25) is 15.9 Å². The van der Waals surface area contributed by atoms with Gasteiger partial charge in [0.15, 0.2) is 0 Å². The minimum atomic E-state index is -3.39. The van der Waals surface area contributed by atoms with Crippen LogP contribution in [0.15, 0.2) is 24.3 Å². The molecule has 1 unspecified atom stereocenters. The molecule has 2 heterocycles. The van der Waals surface area contributed by atoms with Crippen LogP contribution in [0.3, 0.4) is 0 Å². The lowest BCUT2D eigenvalue weighted by molar-refractivity contribution is -0.133. The largest absolute Gasteiger partial charge is 0.388 e. The zero-order chi connectivity index (χ0) is 22.8. The molecule has 2 fully saturated rings. The minimum absolute atomic E-state index is 0.0817. The van der Waals surface area contributed by atoms with Crippen molar-refractivity contribution in [3.05, 3.63) is 29.8 Å². The Hall–Kier alpha value is -1.68. The lowest BCUT2D eigenvalue weighted by Crippen LogP contribution is -2.52. The van der Waals surface area contributed by atoms with Crippen LogP contribution in [-0.2, 0) is 14.8 Å². The summed E-state index contributed by atoms with van der Waals surface area (Å²) in [6.45, 7) is 5.54. The van der Waals surface area contributed by atoms with Gasteiger partial charge >= 0.3 is 0 Å². The van der Waals surface area contributed by atoms with Gasteiger partial charge in [-0.15, -0.1) is 0 Å². The lowest BCUT2D eigenvalue weighted by Gasteiger charge is -2.42. The third-order valence-corrected chi connectivity index (χ3v) is 7.68. The molecule has 1 atom stereocenters. The first-order valence-corrected chi connectivity index (χ1v) is 12.7. The van der Waals surface area contributed by atoms with Gasteiger partial charge in [-0.05, 0) is 37.5 Å². The van der Waals surface area contributed by atoms with E-state index in [1.165, 1.54) is 26.7 Å². The molecule has 2 saturated heterocycles. The summed E-state index contributed by atoms with van der Waals surface area (Å²) in [5, 5.41) is 11.3. The minimum Gasteiger partial charge on any atom is -0.388 e. The van der Waals surface area contributed by atoms with E-state index in [0.29, 0.717) is 39.0 Å². The van der Waals surface area contributed by atoms with Crippen LogP contribution in [0, 0.1) is 12.8 Å². The number of hydrogen-bond acceptors (Lipinski definition) is 6. The molecule has 1 amide bonds. The normalized spacial score (nSPS) is 23.4. The first-order chi connectivity index (χ1) is 14.5. The summed E-state index contributed by atoms with van der Waals surface area (Å²) in [6, 6.07) is 8.40. The van der Waals surface area contributed by atoms with Crippen LogP contribution in [-0.4, -0.2) is 105 Å². The molecule has 1 aromatic rings. The maximum atomic E-state index is 12.7. The summed E-state index contributed by atoms with van der Waals surface area (Å²) in [4.78, 5) is 18.6. The van der Waals surface area contributed by atoms with E-state index in [1.807, 2.05) is 0 Å². The molecule has 9 heteroatoms. The third-order valence-electron chi connectivity index (χ3n) is 6.41. The predicted octanol–water partition coefficient (Wildman–Crippen LogP) is 0.608. The summed E-state index contributed by atoms with van der Waals surface area (Å²) >= 11 is 0. The topological polar surface area (TPSA) is 84.4 Å². The molecule has 31 heavy (non-hydrogen) atoms. The maximum Gasteiger partial charge on any atom is 0.227 e. The van der Waals surface area contributed by atoms with Crippen LogP contribution in [0.25, 0.3) is 0 Å². The van der Waals surface area contributed by atoms with Crippen LogP contribution < -0.4 is 4.90 Å². The highest BCUT2D eigenvalue weighted by Crippen LogP contribution is 2.28. The molecular weight excluding hydrogens is 416 g/mol. The number of β-amino-alcohol motifs (C(OH)–C–C–N with tert-alkyl or cyclic N) is 1. The lowest BCUT2D eigenvalue weighted by atomic mass is 9.90. The van der Waals surface area contributed by atoms with Gasteiger partial charge in [0.05, 0.1) is 17.8 Å². The van der Waals surface area contributed by atoms with Crippen molar-refractivity contribution in [1.82, 2.24) is 14.1 Å². The summed E-state index contributed by atoms with van der Waals surface area (Å²) < 4.78 is 25.7. The van der Waals surface area contributed by atoms with Crippen molar-refractivity contribution in [2.75, 3.05) is 71.1 Å². The number of sulfonamides is 1. The van der Waals surface area contributed by atoms with E-state index in [-0.39, 0.29) is 12.5 Å². The van der Waals surface area contributed by atoms with Gasteiger partial charge in [0, 0.05) is 65.6 Å². The fourth-order valence-electron chi connectivity index (χ4n) is 4.60. The fraction of sp³-hybridized carbons (Fsp3) is 0.682. The van der Waals surface area contributed by atoms with Crippen LogP contribution in [0.1, 0.15) is 18.4 Å². The number of benzene rings is 1. The monoisotopic (exact) mass is 452 g/mol. The Morgan fingerprint density at radius 2 is 1.84 bits per heavy atom. The first-order valence-electron chi connectivity index (χ1n) is 10.9. The second-order valence-electron chi connectivity index (χ2n) is 9.34. The van der Waals surface area contributed by atoms with E-state index in [4.69, 9.17) is 0 Å².